The first-order valence-electron chi connectivity index (χ1n) is 5.87. The van der Waals surface area contributed by atoms with Crippen molar-refractivity contribution in [2.75, 3.05) is 26.7 Å². The molecular weight excluding hydrogens is 216 g/mol. The maximum Gasteiger partial charge on any atom is 0.312 e. The summed E-state index contributed by atoms with van der Waals surface area (Å²) in [4.78, 5) is 13.4. The summed E-state index contributed by atoms with van der Waals surface area (Å²) in [6, 6.07) is 9.91. The second kappa shape index (κ2) is 5.29. The molecule has 1 aromatic carbocycles. The summed E-state index contributed by atoms with van der Waals surface area (Å²) in [5.41, 5.74) is 0.874. The van der Waals surface area contributed by atoms with E-state index in [-0.39, 0.29) is 0 Å². The summed E-state index contributed by atoms with van der Waals surface area (Å²) in [5.74, 6) is -1.20. The molecule has 1 fully saturated rings. The molecule has 0 radical (unpaired) electrons. The Morgan fingerprint density at radius 3 is 2.59 bits per heavy atom. The fraction of sp³-hybridized carbons (Fsp3) is 0.462. The number of nitrogens with zero attached hydrogens (tertiary/aromatic N) is 1. The first-order valence-corrected chi connectivity index (χ1v) is 5.87. The fourth-order valence-electron chi connectivity index (χ4n) is 2.03. The van der Waals surface area contributed by atoms with E-state index >= 15 is 0 Å². The highest BCUT2D eigenvalue weighted by Gasteiger charge is 2.27. The highest BCUT2D eigenvalue weighted by Crippen LogP contribution is 2.18. The zero-order chi connectivity index (χ0) is 12.3. The van der Waals surface area contributed by atoms with Gasteiger partial charge in [0, 0.05) is 25.7 Å². The summed E-state index contributed by atoms with van der Waals surface area (Å²) < 4.78 is 0. The van der Waals surface area contributed by atoms with Crippen molar-refractivity contribution < 1.29 is 9.90 Å². The van der Waals surface area contributed by atoms with Gasteiger partial charge in [-0.05, 0) is 12.6 Å². The highest BCUT2D eigenvalue weighted by atomic mass is 16.4. The van der Waals surface area contributed by atoms with Crippen molar-refractivity contribution in [2.45, 2.75) is 12.0 Å². The maximum atomic E-state index is 11.3. The van der Waals surface area contributed by atoms with Gasteiger partial charge in [-0.25, -0.2) is 0 Å². The second-order valence-corrected chi connectivity index (χ2v) is 4.55. The van der Waals surface area contributed by atoms with E-state index in [0.29, 0.717) is 12.6 Å². The first-order chi connectivity index (χ1) is 8.18. The molecule has 92 valence electrons. The van der Waals surface area contributed by atoms with Gasteiger partial charge in [0.05, 0.1) is 5.92 Å². The minimum absolute atomic E-state index is 0.443. The Balaban J connectivity index is 2.05. The number of likely N-dealkylation sites (N-methyl/N-ethyl adjacent to an activating group) is 1. The van der Waals surface area contributed by atoms with Gasteiger partial charge in [-0.15, -0.1) is 0 Å². The Labute approximate surface area is 101 Å². The third-order valence-corrected chi connectivity index (χ3v) is 3.35. The van der Waals surface area contributed by atoms with Crippen molar-refractivity contribution in [2.24, 2.45) is 0 Å². The van der Waals surface area contributed by atoms with Gasteiger partial charge in [-0.3, -0.25) is 9.69 Å². The van der Waals surface area contributed by atoms with Crippen molar-refractivity contribution in [1.82, 2.24) is 10.2 Å². The third kappa shape index (κ3) is 2.84. The monoisotopic (exact) mass is 234 g/mol. The molecule has 0 bridgehead atoms. The lowest BCUT2D eigenvalue weighted by Gasteiger charge is -2.36. The van der Waals surface area contributed by atoms with Gasteiger partial charge in [-0.2, -0.15) is 0 Å². The van der Waals surface area contributed by atoms with Crippen molar-refractivity contribution in [3.05, 3.63) is 35.9 Å². The Bertz CT molecular complexity index is 376. The molecule has 4 heteroatoms. The zero-order valence-electron chi connectivity index (χ0n) is 9.97. The molecule has 17 heavy (non-hydrogen) atoms. The molecule has 0 aliphatic carbocycles. The molecule has 2 rings (SSSR count). The lowest BCUT2D eigenvalue weighted by atomic mass is 9.97. The van der Waals surface area contributed by atoms with Gasteiger partial charge in [0.25, 0.3) is 0 Å². The highest BCUT2D eigenvalue weighted by molar-refractivity contribution is 5.76. The minimum atomic E-state index is -0.754. The van der Waals surface area contributed by atoms with Crippen LogP contribution in [0.1, 0.15) is 11.5 Å². The van der Waals surface area contributed by atoms with Gasteiger partial charge >= 0.3 is 5.97 Å². The van der Waals surface area contributed by atoms with Crippen molar-refractivity contribution in [1.29, 1.82) is 0 Å². The van der Waals surface area contributed by atoms with Crippen LogP contribution in [0.3, 0.4) is 0 Å². The lowest BCUT2D eigenvalue weighted by molar-refractivity contribution is -0.139. The molecule has 1 aromatic rings. The molecule has 0 aromatic heterocycles. The van der Waals surface area contributed by atoms with Gasteiger partial charge in [0.15, 0.2) is 0 Å². The molecule has 1 heterocycles. The molecule has 0 spiro atoms. The van der Waals surface area contributed by atoms with Crippen LogP contribution < -0.4 is 5.32 Å². The van der Waals surface area contributed by atoms with E-state index in [1.165, 1.54) is 0 Å². The van der Waals surface area contributed by atoms with E-state index in [0.717, 1.165) is 18.7 Å². The second-order valence-electron chi connectivity index (χ2n) is 4.55. The number of rotatable bonds is 5. The van der Waals surface area contributed by atoms with Crippen LogP contribution in [0, 0.1) is 0 Å². The SMILES string of the molecule is CN(CC(C(=O)O)c1ccccc1)C1CNC1. The summed E-state index contributed by atoms with van der Waals surface area (Å²) in [5, 5.41) is 12.5. The van der Waals surface area contributed by atoms with Crippen molar-refractivity contribution in [3.63, 3.8) is 0 Å². The van der Waals surface area contributed by atoms with E-state index in [9.17, 15) is 9.90 Å². The molecule has 0 amide bonds. The van der Waals surface area contributed by atoms with Gasteiger partial charge in [0.2, 0.25) is 0 Å². The number of carbonyl (C=O) groups is 1. The van der Waals surface area contributed by atoms with E-state index < -0.39 is 11.9 Å². The van der Waals surface area contributed by atoms with E-state index in [1.54, 1.807) is 0 Å². The van der Waals surface area contributed by atoms with E-state index in [1.807, 2.05) is 37.4 Å². The van der Waals surface area contributed by atoms with Gasteiger partial charge < -0.3 is 10.4 Å². The predicted octanol–water partition coefficient (Wildman–Crippen LogP) is 0.758. The normalized spacial score (nSPS) is 17.8. The smallest absolute Gasteiger partial charge is 0.312 e. The summed E-state index contributed by atoms with van der Waals surface area (Å²) in [7, 11) is 1.99. The van der Waals surface area contributed by atoms with Crippen LogP contribution in [-0.4, -0.2) is 48.7 Å². The lowest BCUT2D eigenvalue weighted by Crippen LogP contribution is -2.56. The maximum absolute atomic E-state index is 11.3. The summed E-state index contributed by atoms with van der Waals surface area (Å²) >= 11 is 0. The summed E-state index contributed by atoms with van der Waals surface area (Å²) in [6.07, 6.45) is 0. The Kier molecular flexibility index (Phi) is 3.76. The standard InChI is InChI=1S/C13H18N2O2/c1-15(11-7-14-8-11)9-12(13(16)17)10-5-3-2-4-6-10/h2-6,11-12,14H,7-9H2,1H3,(H,16,17). The number of hydrogen-bond donors (Lipinski definition) is 2. The molecule has 1 atom stereocenters. The molecule has 4 nitrogen and oxygen atoms in total. The topological polar surface area (TPSA) is 52.6 Å². The average Bonchev–Trinajstić information content (AvgIpc) is 2.24. The number of aliphatic carboxylic acids is 1. The number of nitrogens with one attached hydrogen (secondary N) is 1. The van der Waals surface area contributed by atoms with Crippen LogP contribution in [0.25, 0.3) is 0 Å². The first kappa shape index (κ1) is 12.1. The zero-order valence-corrected chi connectivity index (χ0v) is 9.97. The van der Waals surface area contributed by atoms with E-state index in [2.05, 4.69) is 10.2 Å². The Morgan fingerprint density at radius 2 is 2.12 bits per heavy atom. The van der Waals surface area contributed by atoms with Crippen LogP contribution in [0.5, 0.6) is 0 Å². The molecule has 1 aliphatic rings. The molecule has 1 saturated heterocycles. The molecule has 1 unspecified atom stereocenters. The average molecular weight is 234 g/mol. The van der Waals surface area contributed by atoms with Crippen molar-refractivity contribution in [3.8, 4) is 0 Å². The fourth-order valence-corrected chi connectivity index (χ4v) is 2.03. The predicted molar refractivity (Wildman–Crippen MR) is 66.1 cm³/mol. The van der Waals surface area contributed by atoms with Crippen LogP contribution >= 0.6 is 0 Å². The number of carboxylic acids is 1. The number of hydrogen-bond acceptors (Lipinski definition) is 3. The minimum Gasteiger partial charge on any atom is -0.481 e. The van der Waals surface area contributed by atoms with Crippen LogP contribution in [0.15, 0.2) is 30.3 Å². The van der Waals surface area contributed by atoms with Gasteiger partial charge in [-0.1, -0.05) is 30.3 Å². The van der Waals surface area contributed by atoms with Crippen LogP contribution in [0.2, 0.25) is 0 Å². The Hall–Kier alpha value is -1.39. The summed E-state index contributed by atoms with van der Waals surface area (Å²) in [6.45, 7) is 2.47. The molecular formula is C13H18N2O2. The van der Waals surface area contributed by atoms with Crippen LogP contribution in [0.4, 0.5) is 0 Å². The van der Waals surface area contributed by atoms with E-state index in [4.69, 9.17) is 0 Å². The quantitative estimate of drug-likeness (QED) is 0.789. The molecule has 2 N–H and O–H groups in total. The molecule has 0 saturated carbocycles. The third-order valence-electron chi connectivity index (χ3n) is 3.35. The number of benzene rings is 1. The largest absolute Gasteiger partial charge is 0.481 e. The van der Waals surface area contributed by atoms with Crippen LogP contribution in [-0.2, 0) is 4.79 Å². The Morgan fingerprint density at radius 1 is 1.47 bits per heavy atom. The number of carboxylic acid groups (broad SMARTS) is 1. The van der Waals surface area contributed by atoms with Crippen molar-refractivity contribution >= 4 is 5.97 Å². The molecule has 1 aliphatic heterocycles. The van der Waals surface area contributed by atoms with Gasteiger partial charge in [0.1, 0.15) is 0 Å².